The molecule has 0 atom stereocenters. The van der Waals surface area contributed by atoms with E-state index in [4.69, 9.17) is 11.6 Å². The number of carbonyl (C=O) groups excluding carboxylic acids is 2. The summed E-state index contributed by atoms with van der Waals surface area (Å²) >= 11 is 5.53. The Hall–Kier alpha value is -2.08. The summed E-state index contributed by atoms with van der Waals surface area (Å²) in [5, 5.41) is 2.50. The lowest BCUT2D eigenvalue weighted by Crippen LogP contribution is -2.15. The van der Waals surface area contributed by atoms with E-state index in [2.05, 4.69) is 14.8 Å². The van der Waals surface area contributed by atoms with Crippen LogP contribution in [0.15, 0.2) is 30.0 Å². The summed E-state index contributed by atoms with van der Waals surface area (Å²) in [6.45, 7) is 0. The first kappa shape index (κ1) is 15.0. The van der Waals surface area contributed by atoms with E-state index in [1.165, 1.54) is 12.1 Å². The number of rotatable bonds is 4. The molecule has 0 unspecified atom stereocenters. The van der Waals surface area contributed by atoms with Crippen molar-refractivity contribution < 1.29 is 23.5 Å². The number of nitrogens with one attached hydrogen (secondary N) is 1. The van der Waals surface area contributed by atoms with Crippen LogP contribution in [-0.2, 0) is 19.1 Å². The maximum atomic E-state index is 13.2. The molecule has 19 heavy (non-hydrogen) atoms. The van der Waals surface area contributed by atoms with Gasteiger partial charge in [-0.2, -0.15) is 0 Å². The van der Waals surface area contributed by atoms with Crippen molar-refractivity contribution >= 4 is 29.2 Å². The van der Waals surface area contributed by atoms with Gasteiger partial charge in [-0.05, 0) is 18.2 Å². The van der Waals surface area contributed by atoms with Gasteiger partial charge >= 0.3 is 11.9 Å². The molecule has 0 aliphatic rings. The van der Waals surface area contributed by atoms with Gasteiger partial charge in [0.1, 0.15) is 11.5 Å². The molecule has 0 bridgehead atoms. The Kier molecular flexibility index (Phi) is 5.32. The summed E-state index contributed by atoms with van der Waals surface area (Å²) in [7, 11) is 2.31. The zero-order valence-corrected chi connectivity index (χ0v) is 11.0. The molecule has 0 saturated heterocycles. The predicted molar refractivity (Wildman–Crippen MR) is 67.1 cm³/mol. The second-order valence-electron chi connectivity index (χ2n) is 3.33. The fourth-order valence-corrected chi connectivity index (χ4v) is 1.28. The van der Waals surface area contributed by atoms with E-state index >= 15 is 0 Å². The molecule has 0 aromatic heterocycles. The molecule has 1 aromatic carbocycles. The van der Waals surface area contributed by atoms with Gasteiger partial charge in [-0.15, -0.1) is 0 Å². The van der Waals surface area contributed by atoms with E-state index in [0.717, 1.165) is 26.4 Å². The van der Waals surface area contributed by atoms with Crippen LogP contribution in [0.2, 0.25) is 5.02 Å². The van der Waals surface area contributed by atoms with Gasteiger partial charge in [0.05, 0.1) is 25.3 Å². The van der Waals surface area contributed by atoms with Crippen molar-refractivity contribution in [3.05, 3.63) is 40.8 Å². The Morgan fingerprint density at radius 3 is 2.53 bits per heavy atom. The summed E-state index contributed by atoms with van der Waals surface area (Å²) in [5.74, 6) is -2.20. The number of anilines is 1. The lowest BCUT2D eigenvalue weighted by molar-refractivity contribution is -0.138. The molecule has 5 nitrogen and oxygen atoms in total. The Morgan fingerprint density at radius 1 is 1.32 bits per heavy atom. The predicted octanol–water partition coefficient (Wildman–Crippen LogP) is 2.12. The Morgan fingerprint density at radius 2 is 2.00 bits per heavy atom. The molecule has 1 aromatic rings. The van der Waals surface area contributed by atoms with E-state index in [-0.39, 0.29) is 16.4 Å². The minimum atomic E-state index is -0.791. The second-order valence-corrected chi connectivity index (χ2v) is 3.73. The van der Waals surface area contributed by atoms with Crippen LogP contribution in [0.1, 0.15) is 0 Å². The SMILES string of the molecule is COC(=O)/C=C(/Nc1ccc(Cl)c(F)c1)C(=O)OC. The number of hydrogen-bond acceptors (Lipinski definition) is 5. The van der Waals surface area contributed by atoms with Gasteiger partial charge in [-0.3, -0.25) is 0 Å². The molecule has 0 aliphatic carbocycles. The fraction of sp³-hybridized carbons (Fsp3) is 0.167. The Balaban J connectivity index is 3.00. The quantitative estimate of drug-likeness (QED) is 0.679. The molecular weight excluding hydrogens is 277 g/mol. The molecule has 1 rings (SSSR count). The van der Waals surface area contributed by atoms with Gasteiger partial charge in [-0.25, -0.2) is 14.0 Å². The molecule has 1 N–H and O–H groups in total. The molecule has 0 aliphatic heterocycles. The van der Waals surface area contributed by atoms with E-state index < -0.39 is 17.8 Å². The highest BCUT2D eigenvalue weighted by Crippen LogP contribution is 2.20. The molecule has 0 radical (unpaired) electrons. The van der Waals surface area contributed by atoms with Crippen LogP contribution in [0.5, 0.6) is 0 Å². The number of ether oxygens (including phenoxy) is 2. The van der Waals surface area contributed by atoms with Crippen LogP contribution in [0.25, 0.3) is 0 Å². The van der Waals surface area contributed by atoms with Crippen molar-refractivity contribution in [1.29, 1.82) is 0 Å². The van der Waals surface area contributed by atoms with Gasteiger partial charge in [0, 0.05) is 5.69 Å². The number of carbonyl (C=O) groups is 2. The fourth-order valence-electron chi connectivity index (χ4n) is 1.16. The Labute approximate surface area is 114 Å². The monoisotopic (exact) mass is 287 g/mol. The molecule has 0 heterocycles. The Bertz CT molecular complexity index is 530. The summed E-state index contributed by atoms with van der Waals surface area (Å²) in [4.78, 5) is 22.6. The summed E-state index contributed by atoms with van der Waals surface area (Å²) in [6, 6.07) is 3.84. The number of methoxy groups -OCH3 is 2. The highest BCUT2D eigenvalue weighted by molar-refractivity contribution is 6.30. The van der Waals surface area contributed by atoms with Gasteiger partial charge in [-0.1, -0.05) is 11.6 Å². The van der Waals surface area contributed by atoms with Crippen LogP contribution < -0.4 is 5.32 Å². The maximum Gasteiger partial charge on any atom is 0.354 e. The highest BCUT2D eigenvalue weighted by Gasteiger charge is 2.13. The smallest absolute Gasteiger partial charge is 0.354 e. The molecular formula is C12H11ClFNO4. The van der Waals surface area contributed by atoms with Crippen LogP contribution in [-0.4, -0.2) is 26.2 Å². The van der Waals surface area contributed by atoms with Gasteiger partial charge in [0.2, 0.25) is 0 Å². The average Bonchev–Trinajstić information content (AvgIpc) is 2.41. The topological polar surface area (TPSA) is 64.6 Å². The van der Waals surface area contributed by atoms with E-state index in [0.29, 0.717) is 0 Å². The van der Waals surface area contributed by atoms with Gasteiger partial charge < -0.3 is 14.8 Å². The van der Waals surface area contributed by atoms with Crippen molar-refractivity contribution in [2.75, 3.05) is 19.5 Å². The summed E-state index contributed by atoms with van der Waals surface area (Å²) in [6.07, 6.45) is 0.901. The van der Waals surface area contributed by atoms with Crippen molar-refractivity contribution in [1.82, 2.24) is 0 Å². The lowest BCUT2D eigenvalue weighted by atomic mass is 10.3. The number of hydrogen-bond donors (Lipinski definition) is 1. The normalized spacial score (nSPS) is 10.8. The number of benzene rings is 1. The molecule has 0 saturated carbocycles. The second kappa shape index (κ2) is 6.75. The van der Waals surface area contributed by atoms with Crippen LogP contribution in [0.4, 0.5) is 10.1 Å². The van der Waals surface area contributed by atoms with Gasteiger partial charge in [0.25, 0.3) is 0 Å². The number of halogens is 2. The first-order valence-corrected chi connectivity index (χ1v) is 5.45. The zero-order chi connectivity index (χ0) is 14.4. The molecule has 102 valence electrons. The van der Waals surface area contributed by atoms with Crippen molar-refractivity contribution in [2.24, 2.45) is 0 Å². The molecule has 0 fully saturated rings. The van der Waals surface area contributed by atoms with Crippen molar-refractivity contribution in [3.63, 3.8) is 0 Å². The first-order valence-electron chi connectivity index (χ1n) is 5.08. The van der Waals surface area contributed by atoms with Crippen molar-refractivity contribution in [2.45, 2.75) is 0 Å². The molecule has 0 spiro atoms. The average molecular weight is 288 g/mol. The largest absolute Gasteiger partial charge is 0.466 e. The van der Waals surface area contributed by atoms with E-state index in [1.54, 1.807) is 0 Å². The zero-order valence-electron chi connectivity index (χ0n) is 10.2. The van der Waals surface area contributed by atoms with E-state index in [9.17, 15) is 14.0 Å². The van der Waals surface area contributed by atoms with Crippen molar-refractivity contribution in [3.8, 4) is 0 Å². The van der Waals surface area contributed by atoms with Crippen LogP contribution in [0, 0.1) is 5.82 Å². The maximum absolute atomic E-state index is 13.2. The number of esters is 2. The van der Waals surface area contributed by atoms with Crippen LogP contribution >= 0.6 is 11.6 Å². The standard InChI is InChI=1S/C12H11ClFNO4/c1-18-11(16)6-10(12(17)19-2)15-7-3-4-8(13)9(14)5-7/h3-6,15H,1-2H3/b10-6+. The minimum absolute atomic E-state index is 0.0536. The minimum Gasteiger partial charge on any atom is -0.466 e. The third-order valence-electron chi connectivity index (χ3n) is 2.07. The summed E-state index contributed by atoms with van der Waals surface area (Å²) < 4.78 is 22.1. The third kappa shape index (κ3) is 4.26. The first-order chi connectivity index (χ1) is 8.97. The summed E-state index contributed by atoms with van der Waals surface area (Å²) in [5.41, 5.74) is 0.0542. The molecule has 0 amide bonds. The van der Waals surface area contributed by atoms with Gasteiger partial charge in [0.15, 0.2) is 0 Å². The van der Waals surface area contributed by atoms with E-state index in [1.807, 2.05) is 0 Å². The third-order valence-corrected chi connectivity index (χ3v) is 2.37. The van der Waals surface area contributed by atoms with Crippen LogP contribution in [0.3, 0.4) is 0 Å². The highest BCUT2D eigenvalue weighted by atomic mass is 35.5. The molecule has 7 heteroatoms. The lowest BCUT2D eigenvalue weighted by Gasteiger charge is -2.09.